The highest BCUT2D eigenvalue weighted by Crippen LogP contribution is 2.21. The Kier molecular flexibility index (Phi) is 6.49. The topological polar surface area (TPSA) is 66.8 Å². The van der Waals surface area contributed by atoms with Crippen molar-refractivity contribution in [2.45, 2.75) is 33.2 Å². The van der Waals surface area contributed by atoms with Crippen molar-refractivity contribution in [2.75, 3.05) is 13.2 Å². The van der Waals surface area contributed by atoms with Crippen LogP contribution in [-0.4, -0.2) is 41.1 Å². The minimum atomic E-state index is -1.04. The van der Waals surface area contributed by atoms with E-state index in [1.165, 1.54) is 4.90 Å². The Hall–Kier alpha value is -1.75. The molecule has 1 unspecified atom stereocenters. The van der Waals surface area contributed by atoms with Crippen molar-refractivity contribution in [3.05, 3.63) is 28.8 Å². The van der Waals surface area contributed by atoms with Crippen LogP contribution in [0.3, 0.4) is 0 Å². The van der Waals surface area contributed by atoms with Gasteiger partial charge in [-0.3, -0.25) is 9.59 Å². The molecule has 0 aliphatic heterocycles. The summed E-state index contributed by atoms with van der Waals surface area (Å²) in [6.45, 7) is 5.03. The molecule has 6 heteroatoms. The van der Waals surface area contributed by atoms with Crippen molar-refractivity contribution in [3.63, 3.8) is 0 Å². The third-order valence-corrected chi connectivity index (χ3v) is 3.47. The van der Waals surface area contributed by atoms with Crippen LogP contribution in [0.1, 0.15) is 25.8 Å². The minimum absolute atomic E-state index is 0.150. The van der Waals surface area contributed by atoms with Crippen LogP contribution in [0, 0.1) is 6.92 Å². The number of aryl methyl sites for hydroxylation is 1. The van der Waals surface area contributed by atoms with Gasteiger partial charge in [0.15, 0.2) is 6.61 Å². The molecule has 1 N–H and O–H groups in total. The Labute approximate surface area is 129 Å². The summed E-state index contributed by atoms with van der Waals surface area (Å²) in [7, 11) is 0. The molecule has 1 amide bonds. The first-order valence-electron chi connectivity index (χ1n) is 6.75. The zero-order chi connectivity index (χ0) is 16.0. The van der Waals surface area contributed by atoms with E-state index in [1.54, 1.807) is 18.2 Å². The summed E-state index contributed by atoms with van der Waals surface area (Å²) >= 11 is 5.85. The Balaban J connectivity index is 2.70. The third-order valence-electron chi connectivity index (χ3n) is 3.24. The fraction of sp³-hybridized carbons (Fsp3) is 0.467. The van der Waals surface area contributed by atoms with E-state index in [2.05, 4.69) is 0 Å². The van der Waals surface area contributed by atoms with Crippen LogP contribution in [0.4, 0.5) is 0 Å². The highest BCUT2D eigenvalue weighted by molar-refractivity contribution is 6.30. The van der Waals surface area contributed by atoms with Gasteiger partial charge >= 0.3 is 5.97 Å². The molecule has 0 bridgehead atoms. The van der Waals surface area contributed by atoms with E-state index >= 15 is 0 Å². The quantitative estimate of drug-likeness (QED) is 0.840. The van der Waals surface area contributed by atoms with Crippen molar-refractivity contribution >= 4 is 23.5 Å². The number of nitrogens with zero attached hydrogens (tertiary/aromatic N) is 1. The molecule has 0 heterocycles. The lowest BCUT2D eigenvalue weighted by molar-refractivity contribution is -0.147. The van der Waals surface area contributed by atoms with Gasteiger partial charge in [0.25, 0.3) is 5.91 Å². The molecule has 0 fully saturated rings. The molecule has 1 aromatic rings. The molecule has 5 nitrogen and oxygen atoms in total. The Morgan fingerprint density at radius 3 is 2.62 bits per heavy atom. The molecule has 0 aliphatic carbocycles. The number of rotatable bonds is 7. The summed E-state index contributed by atoms with van der Waals surface area (Å²) in [6, 6.07) is 4.96. The Bertz CT molecular complexity index is 518. The van der Waals surface area contributed by atoms with Crippen LogP contribution in [0.25, 0.3) is 0 Å². The number of benzene rings is 1. The monoisotopic (exact) mass is 313 g/mol. The smallest absolute Gasteiger partial charge is 0.323 e. The van der Waals surface area contributed by atoms with Gasteiger partial charge in [-0.1, -0.05) is 18.5 Å². The maximum Gasteiger partial charge on any atom is 0.323 e. The molecule has 1 rings (SSSR count). The summed E-state index contributed by atoms with van der Waals surface area (Å²) < 4.78 is 5.47. The van der Waals surface area contributed by atoms with Crippen LogP contribution in [0.5, 0.6) is 5.75 Å². The zero-order valence-electron chi connectivity index (χ0n) is 12.4. The highest BCUT2D eigenvalue weighted by Gasteiger charge is 2.22. The molecule has 116 valence electrons. The normalized spacial score (nSPS) is 11.8. The van der Waals surface area contributed by atoms with E-state index in [9.17, 15) is 9.59 Å². The van der Waals surface area contributed by atoms with Gasteiger partial charge in [-0.2, -0.15) is 0 Å². The number of carboxylic acids is 1. The van der Waals surface area contributed by atoms with E-state index < -0.39 is 5.97 Å². The lowest BCUT2D eigenvalue weighted by Gasteiger charge is -2.27. The maximum absolute atomic E-state index is 12.1. The SMILES string of the molecule is CCC(C)N(CC(=O)O)C(=O)COc1ccc(Cl)cc1C. The number of ether oxygens (including phenoxy) is 1. The zero-order valence-corrected chi connectivity index (χ0v) is 13.2. The second-order valence-electron chi connectivity index (χ2n) is 4.87. The number of carboxylic acid groups (broad SMARTS) is 1. The second-order valence-corrected chi connectivity index (χ2v) is 5.31. The molecule has 0 saturated heterocycles. The first-order chi connectivity index (χ1) is 9.85. The highest BCUT2D eigenvalue weighted by atomic mass is 35.5. The van der Waals surface area contributed by atoms with Gasteiger partial charge in [0.1, 0.15) is 12.3 Å². The van der Waals surface area contributed by atoms with E-state index in [4.69, 9.17) is 21.4 Å². The Morgan fingerprint density at radius 1 is 1.43 bits per heavy atom. The van der Waals surface area contributed by atoms with Gasteiger partial charge in [0, 0.05) is 11.1 Å². The fourth-order valence-corrected chi connectivity index (χ4v) is 2.08. The predicted octanol–water partition coefficient (Wildman–Crippen LogP) is 2.74. The summed E-state index contributed by atoms with van der Waals surface area (Å²) in [4.78, 5) is 24.3. The number of hydrogen-bond acceptors (Lipinski definition) is 3. The minimum Gasteiger partial charge on any atom is -0.483 e. The summed E-state index contributed by atoms with van der Waals surface area (Å²) in [5.74, 6) is -0.820. The molecule has 0 aliphatic rings. The fourth-order valence-electron chi connectivity index (χ4n) is 1.85. The molecule has 0 saturated carbocycles. The van der Waals surface area contributed by atoms with Crippen LogP contribution in [0.2, 0.25) is 5.02 Å². The second kappa shape index (κ2) is 7.88. The number of hydrogen-bond donors (Lipinski definition) is 1. The van der Waals surface area contributed by atoms with Crippen molar-refractivity contribution in [3.8, 4) is 5.75 Å². The van der Waals surface area contributed by atoms with Crippen LogP contribution >= 0.6 is 11.6 Å². The average molecular weight is 314 g/mol. The lowest BCUT2D eigenvalue weighted by Crippen LogP contribution is -2.44. The largest absolute Gasteiger partial charge is 0.483 e. The summed E-state index contributed by atoms with van der Waals surface area (Å²) in [6.07, 6.45) is 0.680. The summed E-state index contributed by atoms with van der Waals surface area (Å²) in [5, 5.41) is 9.48. The first kappa shape index (κ1) is 17.3. The number of carbonyl (C=O) groups excluding carboxylic acids is 1. The molecule has 1 atom stereocenters. The van der Waals surface area contributed by atoms with E-state index in [0.29, 0.717) is 17.2 Å². The van der Waals surface area contributed by atoms with Gasteiger partial charge in [-0.15, -0.1) is 0 Å². The van der Waals surface area contributed by atoms with Crippen LogP contribution in [-0.2, 0) is 9.59 Å². The lowest BCUT2D eigenvalue weighted by atomic mass is 10.2. The third kappa shape index (κ3) is 5.27. The molecule has 1 aromatic carbocycles. The predicted molar refractivity (Wildman–Crippen MR) is 80.8 cm³/mol. The maximum atomic E-state index is 12.1. The van der Waals surface area contributed by atoms with Crippen LogP contribution in [0.15, 0.2) is 18.2 Å². The van der Waals surface area contributed by atoms with Crippen molar-refractivity contribution in [2.24, 2.45) is 0 Å². The van der Waals surface area contributed by atoms with Gasteiger partial charge in [0.2, 0.25) is 0 Å². The van der Waals surface area contributed by atoms with E-state index in [0.717, 1.165) is 5.56 Å². The molecular formula is C15H20ClNO4. The molecule has 0 spiro atoms. The van der Waals surface area contributed by atoms with Crippen LogP contribution < -0.4 is 4.74 Å². The molecular weight excluding hydrogens is 294 g/mol. The van der Waals surface area contributed by atoms with Gasteiger partial charge in [-0.05, 0) is 44.0 Å². The molecule has 21 heavy (non-hydrogen) atoms. The van der Waals surface area contributed by atoms with Gasteiger partial charge in [-0.25, -0.2) is 0 Å². The summed E-state index contributed by atoms with van der Waals surface area (Å²) in [5.41, 5.74) is 0.823. The standard InChI is InChI=1S/C15H20ClNO4/c1-4-11(3)17(8-15(19)20)14(18)9-21-13-6-5-12(16)7-10(13)2/h5-7,11H,4,8-9H2,1-3H3,(H,19,20). The Morgan fingerprint density at radius 2 is 2.10 bits per heavy atom. The average Bonchev–Trinajstić information content (AvgIpc) is 2.42. The van der Waals surface area contributed by atoms with Crippen molar-refractivity contribution in [1.29, 1.82) is 0 Å². The van der Waals surface area contributed by atoms with Crippen molar-refractivity contribution in [1.82, 2.24) is 4.90 Å². The molecule has 0 aromatic heterocycles. The number of carbonyl (C=O) groups is 2. The number of halogens is 1. The molecule has 0 radical (unpaired) electrons. The van der Waals surface area contributed by atoms with Gasteiger partial charge < -0.3 is 14.7 Å². The first-order valence-corrected chi connectivity index (χ1v) is 7.13. The van der Waals surface area contributed by atoms with E-state index in [-0.39, 0.29) is 25.1 Å². The number of aliphatic carboxylic acids is 1. The number of amides is 1. The van der Waals surface area contributed by atoms with Crippen molar-refractivity contribution < 1.29 is 19.4 Å². The van der Waals surface area contributed by atoms with E-state index in [1.807, 2.05) is 20.8 Å². The van der Waals surface area contributed by atoms with Gasteiger partial charge in [0.05, 0.1) is 0 Å².